The average molecular weight is 366 g/mol. The fourth-order valence-corrected chi connectivity index (χ4v) is 2.73. The fourth-order valence-electron chi connectivity index (χ4n) is 2.32. The summed E-state index contributed by atoms with van der Waals surface area (Å²) in [5.74, 6) is 0.513. The smallest absolute Gasteiger partial charge is 0.275 e. The van der Waals surface area contributed by atoms with E-state index in [2.05, 4.69) is 20.4 Å². The summed E-state index contributed by atoms with van der Waals surface area (Å²) in [5, 5.41) is 16.1. The molecule has 0 radical (unpaired) electrons. The van der Waals surface area contributed by atoms with Gasteiger partial charge in [0.25, 0.3) is 11.5 Å². The summed E-state index contributed by atoms with van der Waals surface area (Å²) < 4.78 is 1.45. The van der Waals surface area contributed by atoms with Crippen LogP contribution in [0.4, 0.5) is 5.82 Å². The van der Waals surface area contributed by atoms with E-state index in [4.69, 9.17) is 0 Å². The molecule has 2 N–H and O–H groups in total. The Hall–Kier alpha value is -3.38. The number of nitrogens with one attached hydrogen (secondary N) is 2. The summed E-state index contributed by atoms with van der Waals surface area (Å²) in [5.41, 5.74) is 0.455. The number of para-hydroxylation sites is 1. The zero-order valence-corrected chi connectivity index (χ0v) is 14.6. The van der Waals surface area contributed by atoms with Gasteiger partial charge in [0.15, 0.2) is 5.82 Å². The van der Waals surface area contributed by atoms with Gasteiger partial charge in [0.05, 0.1) is 17.6 Å². The number of hydrogen-bond acceptors (Lipinski definition) is 6. The van der Waals surface area contributed by atoms with Crippen molar-refractivity contribution in [2.75, 3.05) is 11.6 Å². The number of carbonyl (C=O) groups excluding carboxylic acids is 1. The lowest BCUT2D eigenvalue weighted by Gasteiger charge is -2.09. The number of aromatic nitrogens is 4. The molecule has 0 saturated carbocycles. The van der Waals surface area contributed by atoms with Gasteiger partial charge in [0.2, 0.25) is 0 Å². The number of anilines is 1. The third-order valence-electron chi connectivity index (χ3n) is 3.43. The normalized spacial score (nSPS) is 10.3. The summed E-state index contributed by atoms with van der Waals surface area (Å²) in [4.78, 5) is 31.1. The molecule has 2 aromatic heterocycles. The van der Waals surface area contributed by atoms with Crippen LogP contribution in [0, 0.1) is 11.3 Å². The molecule has 1 aromatic carbocycles. The molecule has 3 rings (SSSR count). The predicted molar refractivity (Wildman–Crippen MR) is 98.3 cm³/mol. The Kier molecular flexibility index (Phi) is 5.15. The maximum absolute atomic E-state index is 12.6. The van der Waals surface area contributed by atoms with Gasteiger partial charge in [0.1, 0.15) is 23.2 Å². The summed E-state index contributed by atoms with van der Waals surface area (Å²) in [6, 6.07) is 12.2. The molecule has 1 amide bonds. The van der Waals surface area contributed by atoms with Crippen molar-refractivity contribution in [2.24, 2.45) is 0 Å². The second-order valence-corrected chi connectivity index (χ2v) is 6.10. The lowest BCUT2D eigenvalue weighted by molar-refractivity contribution is 0.102. The molecule has 130 valence electrons. The first-order valence-corrected chi connectivity index (χ1v) is 8.96. The number of nitriles is 1. The highest BCUT2D eigenvalue weighted by atomic mass is 32.2. The molecule has 0 aliphatic heterocycles. The van der Waals surface area contributed by atoms with Crippen LogP contribution in [0.25, 0.3) is 5.69 Å². The number of rotatable bonds is 5. The van der Waals surface area contributed by atoms with E-state index in [1.165, 1.54) is 22.6 Å². The van der Waals surface area contributed by atoms with Gasteiger partial charge in [-0.05, 0) is 18.4 Å². The maximum atomic E-state index is 12.6. The Morgan fingerprint density at radius 3 is 2.85 bits per heavy atom. The van der Waals surface area contributed by atoms with Crippen molar-refractivity contribution in [3.8, 4) is 11.8 Å². The van der Waals surface area contributed by atoms with E-state index in [1.54, 1.807) is 12.1 Å². The first-order valence-electron chi connectivity index (χ1n) is 7.56. The molecule has 0 atom stereocenters. The minimum absolute atomic E-state index is 0.0255. The molecule has 9 heteroatoms. The molecule has 0 aliphatic carbocycles. The van der Waals surface area contributed by atoms with E-state index >= 15 is 0 Å². The van der Waals surface area contributed by atoms with Crippen molar-refractivity contribution in [2.45, 2.75) is 5.75 Å². The van der Waals surface area contributed by atoms with Crippen LogP contribution >= 0.6 is 11.8 Å². The van der Waals surface area contributed by atoms with Gasteiger partial charge in [-0.2, -0.15) is 22.1 Å². The Morgan fingerprint density at radius 1 is 1.38 bits per heavy atom. The lowest BCUT2D eigenvalue weighted by atomic mass is 10.3. The molecule has 0 unspecified atom stereocenters. The van der Waals surface area contributed by atoms with Crippen molar-refractivity contribution in [1.29, 1.82) is 5.26 Å². The molecule has 3 aromatic rings. The number of carbonyl (C=O) groups is 1. The van der Waals surface area contributed by atoms with Crippen LogP contribution < -0.4 is 10.9 Å². The monoisotopic (exact) mass is 366 g/mol. The average Bonchev–Trinajstić information content (AvgIpc) is 3.05. The molecular weight excluding hydrogens is 352 g/mol. The number of benzene rings is 1. The molecule has 0 spiro atoms. The van der Waals surface area contributed by atoms with E-state index < -0.39 is 11.5 Å². The summed E-state index contributed by atoms with van der Waals surface area (Å²) >= 11 is 1.47. The van der Waals surface area contributed by atoms with Crippen molar-refractivity contribution in [1.82, 2.24) is 19.7 Å². The SMILES string of the molecule is CSCc1nc(C(=O)Nc2c(C#N)cnn2-c2ccccc2)cc(=O)[nH]1. The first-order chi connectivity index (χ1) is 12.6. The predicted octanol–water partition coefficient (Wildman–Crippen LogP) is 1.94. The maximum Gasteiger partial charge on any atom is 0.275 e. The van der Waals surface area contributed by atoms with Gasteiger partial charge in [-0.3, -0.25) is 9.59 Å². The van der Waals surface area contributed by atoms with Crippen molar-refractivity contribution in [3.63, 3.8) is 0 Å². The van der Waals surface area contributed by atoms with Crippen LogP contribution in [-0.4, -0.2) is 31.9 Å². The van der Waals surface area contributed by atoms with Gasteiger partial charge in [-0.25, -0.2) is 9.67 Å². The first kappa shape index (κ1) is 17.4. The Balaban J connectivity index is 1.97. The molecule has 26 heavy (non-hydrogen) atoms. The van der Waals surface area contributed by atoms with Gasteiger partial charge in [-0.15, -0.1) is 0 Å². The highest BCUT2D eigenvalue weighted by molar-refractivity contribution is 7.97. The van der Waals surface area contributed by atoms with E-state index in [1.807, 2.05) is 30.5 Å². The van der Waals surface area contributed by atoms with Gasteiger partial charge >= 0.3 is 0 Å². The quantitative estimate of drug-likeness (QED) is 0.713. The zero-order valence-electron chi connectivity index (χ0n) is 13.8. The largest absolute Gasteiger partial charge is 0.310 e. The second-order valence-electron chi connectivity index (χ2n) is 5.23. The highest BCUT2D eigenvalue weighted by Gasteiger charge is 2.17. The Bertz CT molecular complexity index is 1040. The number of nitrogens with zero attached hydrogens (tertiary/aromatic N) is 4. The van der Waals surface area contributed by atoms with Gasteiger partial charge in [0, 0.05) is 6.07 Å². The van der Waals surface area contributed by atoms with E-state index in [0.717, 1.165) is 6.07 Å². The third-order valence-corrected chi connectivity index (χ3v) is 3.99. The van der Waals surface area contributed by atoms with E-state index in [-0.39, 0.29) is 17.1 Å². The van der Waals surface area contributed by atoms with Crippen LogP contribution in [0.5, 0.6) is 0 Å². The van der Waals surface area contributed by atoms with Gasteiger partial charge in [-0.1, -0.05) is 18.2 Å². The van der Waals surface area contributed by atoms with Crippen LogP contribution in [0.3, 0.4) is 0 Å². The van der Waals surface area contributed by atoms with Crippen molar-refractivity contribution < 1.29 is 4.79 Å². The summed E-state index contributed by atoms with van der Waals surface area (Å²) in [6.45, 7) is 0. The Morgan fingerprint density at radius 2 is 2.15 bits per heavy atom. The minimum atomic E-state index is -0.590. The molecule has 2 heterocycles. The molecule has 0 fully saturated rings. The standard InChI is InChI=1S/C17H14N6O2S/c1-26-10-14-20-13(7-15(24)21-14)17(25)22-16-11(8-18)9-19-23(16)12-5-3-2-4-6-12/h2-7,9H,10H2,1H3,(H,22,25)(H,20,21,24). The molecule has 8 nitrogen and oxygen atoms in total. The molecule has 0 aliphatic rings. The molecular formula is C17H14N6O2S. The number of hydrogen-bond donors (Lipinski definition) is 2. The summed E-state index contributed by atoms with van der Waals surface area (Å²) in [6.07, 6.45) is 3.23. The number of aromatic amines is 1. The van der Waals surface area contributed by atoms with Crippen LogP contribution in [-0.2, 0) is 5.75 Å². The van der Waals surface area contributed by atoms with E-state index in [9.17, 15) is 14.9 Å². The number of H-pyrrole nitrogens is 1. The number of thioether (sulfide) groups is 1. The molecule has 0 saturated heterocycles. The Labute approximate surface area is 152 Å². The fraction of sp³-hybridized carbons (Fsp3) is 0.118. The van der Waals surface area contributed by atoms with Crippen molar-refractivity contribution >= 4 is 23.5 Å². The number of amides is 1. The van der Waals surface area contributed by atoms with Gasteiger partial charge < -0.3 is 10.3 Å². The summed E-state index contributed by atoms with van der Waals surface area (Å²) in [7, 11) is 0. The van der Waals surface area contributed by atoms with Crippen LogP contribution in [0.1, 0.15) is 21.9 Å². The van der Waals surface area contributed by atoms with Crippen LogP contribution in [0.15, 0.2) is 47.4 Å². The lowest BCUT2D eigenvalue weighted by Crippen LogP contribution is -2.21. The highest BCUT2D eigenvalue weighted by Crippen LogP contribution is 2.20. The zero-order chi connectivity index (χ0) is 18.5. The topological polar surface area (TPSA) is 116 Å². The van der Waals surface area contributed by atoms with Crippen molar-refractivity contribution in [3.05, 3.63) is 70.0 Å². The third kappa shape index (κ3) is 3.65. The van der Waals surface area contributed by atoms with Crippen LogP contribution in [0.2, 0.25) is 0 Å². The minimum Gasteiger partial charge on any atom is -0.310 e. The molecule has 0 bridgehead atoms. The second kappa shape index (κ2) is 7.67. The van der Waals surface area contributed by atoms with E-state index in [0.29, 0.717) is 17.3 Å².